The Kier molecular flexibility index (Phi) is 9.11. The highest BCUT2D eigenvalue weighted by Gasteiger charge is 2.47. The summed E-state index contributed by atoms with van der Waals surface area (Å²) in [6.07, 6.45) is 6.17. The number of nitrogens with zero attached hydrogens (tertiary/aromatic N) is 4. The van der Waals surface area contributed by atoms with Crippen LogP contribution in [0.4, 0.5) is 5.69 Å². The molecule has 3 aromatic rings. The van der Waals surface area contributed by atoms with Crippen molar-refractivity contribution < 1.29 is 24.2 Å². The molecule has 1 saturated heterocycles. The van der Waals surface area contributed by atoms with E-state index in [9.17, 15) is 14.7 Å². The molecule has 3 N–H and O–H groups in total. The van der Waals surface area contributed by atoms with E-state index in [0.29, 0.717) is 49.8 Å². The van der Waals surface area contributed by atoms with Crippen molar-refractivity contribution in [2.45, 2.75) is 51.1 Å². The predicted molar refractivity (Wildman–Crippen MR) is 154 cm³/mol. The second-order valence-corrected chi connectivity index (χ2v) is 10.6. The SMILES string of the molecule is CCCCN(C(=O)CN1C[C@H](c2ccc3c(c2)OCO3)[C@@H](C(=O)O)[C@@H]1CCc1ncccn1)c1cccc(CN)c1. The minimum atomic E-state index is -0.889. The van der Waals surface area contributed by atoms with Crippen molar-refractivity contribution in [3.05, 3.63) is 77.9 Å². The van der Waals surface area contributed by atoms with E-state index in [1.54, 1.807) is 18.5 Å². The van der Waals surface area contributed by atoms with E-state index in [1.165, 1.54) is 0 Å². The second kappa shape index (κ2) is 13.1. The summed E-state index contributed by atoms with van der Waals surface area (Å²) in [5, 5.41) is 10.5. The van der Waals surface area contributed by atoms with Crippen molar-refractivity contribution in [3.63, 3.8) is 0 Å². The lowest BCUT2D eigenvalue weighted by Crippen LogP contribution is -2.44. The quantitative estimate of drug-likeness (QED) is 0.342. The van der Waals surface area contributed by atoms with Gasteiger partial charge in [0.1, 0.15) is 5.82 Å². The summed E-state index contributed by atoms with van der Waals surface area (Å²) >= 11 is 0. The first-order valence-corrected chi connectivity index (χ1v) is 14.2. The molecule has 1 aromatic heterocycles. The second-order valence-electron chi connectivity index (χ2n) is 10.6. The number of carbonyl (C=O) groups excluding carboxylic acids is 1. The first-order valence-electron chi connectivity index (χ1n) is 14.2. The van der Waals surface area contributed by atoms with Crippen molar-refractivity contribution in [2.75, 3.05) is 31.3 Å². The molecule has 3 atom stereocenters. The Labute approximate surface area is 240 Å². The molecular weight excluding hydrogens is 522 g/mol. The summed E-state index contributed by atoms with van der Waals surface area (Å²) in [6, 6.07) is 14.7. The van der Waals surface area contributed by atoms with Gasteiger partial charge in [-0.3, -0.25) is 14.5 Å². The highest BCUT2D eigenvalue weighted by atomic mass is 16.7. The van der Waals surface area contributed by atoms with Gasteiger partial charge in [0, 0.05) is 56.1 Å². The number of carboxylic acid groups (broad SMARTS) is 1. The van der Waals surface area contributed by atoms with Gasteiger partial charge < -0.3 is 25.2 Å². The van der Waals surface area contributed by atoms with E-state index < -0.39 is 11.9 Å². The van der Waals surface area contributed by atoms with Crippen molar-refractivity contribution in [2.24, 2.45) is 11.7 Å². The van der Waals surface area contributed by atoms with Crippen LogP contribution in [0, 0.1) is 5.92 Å². The van der Waals surface area contributed by atoms with Crippen LogP contribution in [0.2, 0.25) is 0 Å². The zero-order valence-corrected chi connectivity index (χ0v) is 23.3. The molecule has 1 fully saturated rings. The van der Waals surface area contributed by atoms with E-state index >= 15 is 0 Å². The zero-order valence-electron chi connectivity index (χ0n) is 23.3. The normalized spacial score (nSPS) is 19.8. The summed E-state index contributed by atoms with van der Waals surface area (Å²) in [5.74, 6) is -0.102. The molecule has 41 heavy (non-hydrogen) atoms. The van der Waals surface area contributed by atoms with Gasteiger partial charge in [-0.05, 0) is 54.3 Å². The number of aliphatic carboxylic acids is 1. The lowest BCUT2D eigenvalue weighted by Gasteiger charge is -2.30. The van der Waals surface area contributed by atoms with Crippen LogP contribution in [0.1, 0.15) is 49.1 Å². The van der Waals surface area contributed by atoms with Crippen LogP contribution in [-0.4, -0.2) is 64.3 Å². The molecule has 0 radical (unpaired) electrons. The molecule has 3 heterocycles. The average molecular weight is 560 g/mol. The van der Waals surface area contributed by atoms with Crippen molar-refractivity contribution in [1.29, 1.82) is 0 Å². The van der Waals surface area contributed by atoms with Crippen molar-refractivity contribution >= 4 is 17.6 Å². The van der Waals surface area contributed by atoms with E-state index in [1.807, 2.05) is 52.3 Å². The molecule has 2 aliphatic rings. The summed E-state index contributed by atoms with van der Waals surface area (Å²) in [7, 11) is 0. The molecule has 10 heteroatoms. The Bertz CT molecular complexity index is 1350. The third kappa shape index (κ3) is 6.49. The maximum absolute atomic E-state index is 13.9. The fourth-order valence-electron chi connectivity index (χ4n) is 5.89. The molecule has 0 saturated carbocycles. The number of fused-ring (bicyclic) bond motifs is 1. The number of aryl methyl sites for hydroxylation is 1. The highest BCUT2D eigenvalue weighted by molar-refractivity contribution is 5.95. The minimum absolute atomic E-state index is 0.0657. The summed E-state index contributed by atoms with van der Waals surface area (Å²) < 4.78 is 11.1. The molecular formula is C31H37N5O5. The lowest BCUT2D eigenvalue weighted by molar-refractivity contribution is -0.143. The van der Waals surface area contributed by atoms with Gasteiger partial charge in [0.25, 0.3) is 0 Å². The van der Waals surface area contributed by atoms with E-state index in [0.717, 1.165) is 29.7 Å². The van der Waals surface area contributed by atoms with Crippen molar-refractivity contribution in [3.8, 4) is 11.5 Å². The maximum atomic E-state index is 13.9. The third-order valence-electron chi connectivity index (χ3n) is 7.97. The van der Waals surface area contributed by atoms with Crippen LogP contribution in [0.5, 0.6) is 11.5 Å². The van der Waals surface area contributed by atoms with Crippen LogP contribution < -0.4 is 20.1 Å². The molecule has 5 rings (SSSR count). The maximum Gasteiger partial charge on any atom is 0.308 e. The van der Waals surface area contributed by atoms with Gasteiger partial charge in [-0.25, -0.2) is 9.97 Å². The van der Waals surface area contributed by atoms with E-state index in [-0.39, 0.29) is 31.2 Å². The number of unbranched alkanes of at least 4 members (excludes halogenated alkanes) is 1. The van der Waals surface area contributed by atoms with Gasteiger partial charge in [0.2, 0.25) is 12.7 Å². The highest BCUT2D eigenvalue weighted by Crippen LogP contribution is 2.43. The number of hydrogen-bond acceptors (Lipinski definition) is 8. The Morgan fingerprint density at radius 3 is 2.66 bits per heavy atom. The van der Waals surface area contributed by atoms with Gasteiger partial charge >= 0.3 is 5.97 Å². The number of ether oxygens (including phenoxy) is 2. The van der Waals surface area contributed by atoms with Gasteiger partial charge in [-0.2, -0.15) is 0 Å². The van der Waals surface area contributed by atoms with Gasteiger partial charge in [0.05, 0.1) is 12.5 Å². The van der Waals surface area contributed by atoms with Crippen LogP contribution in [-0.2, 0) is 22.6 Å². The number of nitrogens with two attached hydrogens (primary N) is 1. The molecule has 2 aromatic carbocycles. The fraction of sp³-hybridized carbons (Fsp3) is 0.419. The Morgan fingerprint density at radius 2 is 1.90 bits per heavy atom. The Hall–Kier alpha value is -4.02. The molecule has 2 aliphatic heterocycles. The average Bonchev–Trinajstić information content (AvgIpc) is 3.61. The number of carbonyl (C=O) groups is 2. The van der Waals surface area contributed by atoms with E-state index in [4.69, 9.17) is 15.2 Å². The smallest absolute Gasteiger partial charge is 0.308 e. The first kappa shape index (κ1) is 28.5. The summed E-state index contributed by atoms with van der Waals surface area (Å²) in [5.41, 5.74) is 8.50. The number of rotatable bonds is 12. The Morgan fingerprint density at radius 1 is 1.10 bits per heavy atom. The number of amides is 1. The van der Waals surface area contributed by atoms with Gasteiger partial charge in [0.15, 0.2) is 11.5 Å². The fourth-order valence-corrected chi connectivity index (χ4v) is 5.89. The lowest BCUT2D eigenvalue weighted by atomic mass is 9.83. The molecule has 0 spiro atoms. The summed E-state index contributed by atoms with van der Waals surface area (Å²) in [6.45, 7) is 3.72. The molecule has 0 aliphatic carbocycles. The zero-order chi connectivity index (χ0) is 28.8. The summed E-state index contributed by atoms with van der Waals surface area (Å²) in [4.78, 5) is 39.3. The number of hydrogen-bond donors (Lipinski definition) is 2. The number of benzene rings is 2. The third-order valence-corrected chi connectivity index (χ3v) is 7.97. The first-order chi connectivity index (χ1) is 20.0. The Balaban J connectivity index is 1.44. The largest absolute Gasteiger partial charge is 0.481 e. The molecule has 1 amide bonds. The monoisotopic (exact) mass is 559 g/mol. The molecule has 0 bridgehead atoms. The molecule has 0 unspecified atom stereocenters. The minimum Gasteiger partial charge on any atom is -0.481 e. The van der Waals surface area contributed by atoms with Crippen LogP contribution >= 0.6 is 0 Å². The van der Waals surface area contributed by atoms with Crippen molar-refractivity contribution in [1.82, 2.24) is 14.9 Å². The van der Waals surface area contributed by atoms with Crippen LogP contribution in [0.25, 0.3) is 0 Å². The van der Waals surface area contributed by atoms with Crippen LogP contribution in [0.3, 0.4) is 0 Å². The molecule has 216 valence electrons. The predicted octanol–water partition coefficient (Wildman–Crippen LogP) is 3.60. The molecule has 10 nitrogen and oxygen atoms in total. The topological polar surface area (TPSA) is 131 Å². The van der Waals surface area contributed by atoms with E-state index in [2.05, 4.69) is 16.9 Å². The number of anilines is 1. The number of carboxylic acids is 1. The standard InChI is InChI=1S/C31H37N5O5/c1-2-3-14-36(23-7-4-6-21(15-23)17-32)29(37)19-35-18-24(22-8-10-26-27(16-22)41-20-40-26)30(31(38)39)25(35)9-11-28-33-12-5-13-34-28/h4-8,10,12-13,15-16,24-25,30H,2-3,9,11,14,17-20,32H2,1H3,(H,38,39)/t24-,25+,30-/m1/s1. The number of likely N-dealkylation sites (tertiary alicyclic amines) is 1. The van der Waals surface area contributed by atoms with Crippen LogP contribution in [0.15, 0.2) is 60.9 Å². The van der Waals surface area contributed by atoms with Gasteiger partial charge in [-0.1, -0.05) is 31.5 Å². The van der Waals surface area contributed by atoms with Gasteiger partial charge in [-0.15, -0.1) is 0 Å². The number of aromatic nitrogens is 2.